The van der Waals surface area contributed by atoms with Crippen molar-refractivity contribution < 1.29 is 14.3 Å². The van der Waals surface area contributed by atoms with E-state index in [-0.39, 0.29) is 11.9 Å². The second kappa shape index (κ2) is 3.56. The number of hydrogen-bond acceptors (Lipinski definition) is 2. The second-order valence-electron chi connectivity index (χ2n) is 4.51. The summed E-state index contributed by atoms with van der Waals surface area (Å²) in [5.74, 6) is -1.21. The number of hydrogen-bond donors (Lipinski definition) is 2. The molecule has 2 rings (SSSR count). The van der Waals surface area contributed by atoms with Crippen LogP contribution < -0.4 is 5.73 Å². The topological polar surface area (TPSA) is 63.3 Å². The molecule has 0 aliphatic heterocycles. The van der Waals surface area contributed by atoms with E-state index in [1.165, 1.54) is 12.1 Å². The Morgan fingerprint density at radius 3 is 2.62 bits per heavy atom. The summed E-state index contributed by atoms with van der Waals surface area (Å²) >= 11 is 0. The summed E-state index contributed by atoms with van der Waals surface area (Å²) < 4.78 is 13.0. The van der Waals surface area contributed by atoms with Crippen LogP contribution in [0.3, 0.4) is 0 Å². The van der Waals surface area contributed by atoms with Crippen LogP contribution >= 0.6 is 0 Å². The van der Waals surface area contributed by atoms with E-state index in [1.54, 1.807) is 13.0 Å². The van der Waals surface area contributed by atoms with Crippen molar-refractivity contribution in [1.29, 1.82) is 0 Å². The number of carbonyl (C=O) groups is 1. The Bertz CT molecular complexity index is 439. The maximum absolute atomic E-state index is 13.0. The molecule has 86 valence electrons. The van der Waals surface area contributed by atoms with E-state index < -0.39 is 11.4 Å². The van der Waals surface area contributed by atoms with E-state index in [2.05, 4.69) is 0 Å². The molecule has 4 heteroatoms. The quantitative estimate of drug-likeness (QED) is 0.800. The van der Waals surface area contributed by atoms with Gasteiger partial charge in [0.2, 0.25) is 0 Å². The van der Waals surface area contributed by atoms with Crippen LogP contribution in [0.2, 0.25) is 0 Å². The first-order valence-corrected chi connectivity index (χ1v) is 5.21. The molecule has 3 N–H and O–H groups in total. The first-order chi connectivity index (χ1) is 7.45. The average Bonchev–Trinajstić information content (AvgIpc) is 2.12. The highest BCUT2D eigenvalue weighted by Gasteiger charge is 2.51. The van der Waals surface area contributed by atoms with Gasteiger partial charge >= 0.3 is 5.97 Å². The van der Waals surface area contributed by atoms with Crippen molar-refractivity contribution in [3.63, 3.8) is 0 Å². The van der Waals surface area contributed by atoms with Crippen molar-refractivity contribution in [2.45, 2.75) is 31.2 Å². The summed E-state index contributed by atoms with van der Waals surface area (Å²) in [7, 11) is 0. The Morgan fingerprint density at radius 2 is 2.19 bits per heavy atom. The van der Waals surface area contributed by atoms with E-state index in [0.717, 1.165) is 0 Å². The molecule has 1 aliphatic carbocycles. The summed E-state index contributed by atoms with van der Waals surface area (Å²) in [6.07, 6.45) is 0.851. The van der Waals surface area contributed by atoms with Crippen LogP contribution in [0.25, 0.3) is 0 Å². The minimum atomic E-state index is -0.906. The third kappa shape index (κ3) is 1.50. The highest BCUT2D eigenvalue weighted by Crippen LogP contribution is 2.44. The molecule has 1 aliphatic rings. The minimum absolute atomic E-state index is 0.0689. The fourth-order valence-corrected chi connectivity index (χ4v) is 2.51. The number of benzene rings is 1. The molecule has 0 aromatic heterocycles. The third-order valence-electron chi connectivity index (χ3n) is 3.33. The van der Waals surface area contributed by atoms with Gasteiger partial charge in [-0.15, -0.1) is 0 Å². The molecule has 0 spiro atoms. The highest BCUT2D eigenvalue weighted by molar-refractivity contribution is 5.83. The molecule has 16 heavy (non-hydrogen) atoms. The predicted octanol–water partition coefficient (Wildman–Crippen LogP) is 1.58. The fourth-order valence-electron chi connectivity index (χ4n) is 2.51. The molecular weight excluding hydrogens is 209 g/mol. The maximum atomic E-state index is 13.0. The lowest BCUT2D eigenvalue weighted by Gasteiger charge is -2.43. The van der Waals surface area contributed by atoms with E-state index in [1.807, 2.05) is 0 Å². The highest BCUT2D eigenvalue weighted by atomic mass is 19.1. The summed E-state index contributed by atoms with van der Waals surface area (Å²) in [6, 6.07) is 4.16. The van der Waals surface area contributed by atoms with E-state index in [4.69, 9.17) is 5.73 Å². The van der Waals surface area contributed by atoms with Crippen molar-refractivity contribution in [2.75, 3.05) is 0 Å². The van der Waals surface area contributed by atoms with Crippen molar-refractivity contribution in [2.24, 2.45) is 5.73 Å². The molecule has 0 bridgehead atoms. The van der Waals surface area contributed by atoms with Gasteiger partial charge in [-0.05, 0) is 43.0 Å². The Kier molecular flexibility index (Phi) is 2.46. The van der Waals surface area contributed by atoms with Gasteiger partial charge in [0, 0.05) is 6.04 Å². The molecule has 1 saturated carbocycles. The predicted molar refractivity (Wildman–Crippen MR) is 57.7 cm³/mol. The van der Waals surface area contributed by atoms with Gasteiger partial charge < -0.3 is 10.8 Å². The van der Waals surface area contributed by atoms with Gasteiger partial charge in [0.1, 0.15) is 5.82 Å². The van der Waals surface area contributed by atoms with E-state index in [9.17, 15) is 14.3 Å². The number of rotatable bonds is 2. The van der Waals surface area contributed by atoms with Gasteiger partial charge in [-0.2, -0.15) is 0 Å². The number of aryl methyl sites for hydroxylation is 1. The lowest BCUT2D eigenvalue weighted by atomic mass is 9.61. The van der Waals surface area contributed by atoms with Gasteiger partial charge in [-0.1, -0.05) is 6.07 Å². The monoisotopic (exact) mass is 223 g/mol. The smallest absolute Gasteiger partial charge is 0.314 e. The number of carboxylic acids is 1. The van der Waals surface area contributed by atoms with E-state index in [0.29, 0.717) is 24.0 Å². The van der Waals surface area contributed by atoms with Gasteiger partial charge in [0.05, 0.1) is 5.41 Å². The first kappa shape index (κ1) is 11.1. The van der Waals surface area contributed by atoms with Gasteiger partial charge in [0.25, 0.3) is 0 Å². The van der Waals surface area contributed by atoms with Crippen LogP contribution in [0.5, 0.6) is 0 Å². The van der Waals surface area contributed by atoms with Crippen LogP contribution in [0.1, 0.15) is 24.0 Å². The lowest BCUT2D eigenvalue weighted by Crippen LogP contribution is -2.54. The molecule has 0 amide bonds. The largest absolute Gasteiger partial charge is 0.481 e. The Morgan fingerprint density at radius 1 is 1.56 bits per heavy atom. The normalized spacial score (nSPS) is 28.6. The third-order valence-corrected chi connectivity index (χ3v) is 3.33. The van der Waals surface area contributed by atoms with Crippen LogP contribution in [-0.4, -0.2) is 17.1 Å². The number of nitrogens with two attached hydrogens (primary N) is 1. The van der Waals surface area contributed by atoms with Gasteiger partial charge in [-0.25, -0.2) is 4.39 Å². The summed E-state index contributed by atoms with van der Waals surface area (Å²) in [6.45, 7) is 1.73. The van der Waals surface area contributed by atoms with Gasteiger partial charge in [-0.3, -0.25) is 4.79 Å². The Balaban J connectivity index is 2.45. The zero-order chi connectivity index (χ0) is 11.9. The molecule has 0 unspecified atom stereocenters. The molecule has 0 radical (unpaired) electrons. The molecule has 3 nitrogen and oxygen atoms in total. The molecular formula is C12H14FNO2. The van der Waals surface area contributed by atoms with Crippen molar-refractivity contribution in [3.05, 3.63) is 35.1 Å². The summed E-state index contributed by atoms with van der Waals surface area (Å²) in [5.41, 5.74) is 6.12. The zero-order valence-electron chi connectivity index (χ0n) is 9.03. The molecule has 1 fully saturated rings. The van der Waals surface area contributed by atoms with Crippen LogP contribution in [0.4, 0.5) is 4.39 Å². The van der Waals surface area contributed by atoms with Crippen LogP contribution in [0.15, 0.2) is 18.2 Å². The summed E-state index contributed by atoms with van der Waals surface area (Å²) in [4.78, 5) is 11.3. The van der Waals surface area contributed by atoms with Crippen molar-refractivity contribution >= 4 is 5.97 Å². The SMILES string of the molecule is Cc1cc(F)ccc1C1(C(=O)O)CC(N)C1. The van der Waals surface area contributed by atoms with Crippen molar-refractivity contribution in [1.82, 2.24) is 0 Å². The van der Waals surface area contributed by atoms with E-state index >= 15 is 0 Å². The standard InChI is InChI=1S/C12H14FNO2/c1-7-4-8(13)2-3-10(7)12(11(15)16)5-9(14)6-12/h2-4,9H,5-6,14H2,1H3,(H,15,16). The van der Waals surface area contributed by atoms with Crippen LogP contribution in [-0.2, 0) is 10.2 Å². The number of halogens is 1. The van der Waals surface area contributed by atoms with Crippen LogP contribution in [0, 0.1) is 12.7 Å². The molecule has 0 saturated heterocycles. The fraction of sp³-hybridized carbons (Fsp3) is 0.417. The average molecular weight is 223 g/mol. The summed E-state index contributed by atoms with van der Waals surface area (Å²) in [5, 5.41) is 9.30. The zero-order valence-corrected chi connectivity index (χ0v) is 9.03. The van der Waals surface area contributed by atoms with Crippen molar-refractivity contribution in [3.8, 4) is 0 Å². The lowest BCUT2D eigenvalue weighted by molar-refractivity contribution is -0.148. The van der Waals surface area contributed by atoms with Gasteiger partial charge in [0.15, 0.2) is 0 Å². The number of carboxylic acid groups (broad SMARTS) is 1. The Labute approximate surface area is 93.1 Å². The molecule has 1 aromatic rings. The maximum Gasteiger partial charge on any atom is 0.314 e. The second-order valence-corrected chi connectivity index (χ2v) is 4.51. The first-order valence-electron chi connectivity index (χ1n) is 5.21. The molecule has 0 heterocycles. The molecule has 0 atom stereocenters. The number of aliphatic carboxylic acids is 1. The molecule has 1 aromatic carbocycles. The Hall–Kier alpha value is -1.42. The minimum Gasteiger partial charge on any atom is -0.481 e.